The van der Waals surface area contributed by atoms with Crippen LogP contribution in [0.25, 0.3) is 0 Å². The van der Waals surface area contributed by atoms with Crippen LogP contribution in [0.2, 0.25) is 0 Å². The molecule has 0 aliphatic heterocycles. The quantitative estimate of drug-likeness (QED) is 0.491. The highest BCUT2D eigenvalue weighted by Gasteiger charge is 2.05. The Bertz CT molecular complexity index is 334. The standard InChI is InChI=1S/C8H8N2O2/c9-6-1-5(3-11)7(4-12)8(10)2-6/h1-4H,9-10H2. The van der Waals surface area contributed by atoms with Gasteiger partial charge >= 0.3 is 0 Å². The summed E-state index contributed by atoms with van der Waals surface area (Å²) in [6, 6.07) is 2.85. The molecule has 1 aromatic rings. The Morgan fingerprint density at radius 1 is 1.08 bits per heavy atom. The van der Waals surface area contributed by atoms with E-state index in [-0.39, 0.29) is 16.8 Å². The summed E-state index contributed by atoms with van der Waals surface area (Å²) in [6.07, 6.45) is 1.09. The lowest BCUT2D eigenvalue weighted by atomic mass is 10.1. The lowest BCUT2D eigenvalue weighted by Gasteiger charge is -2.02. The highest BCUT2D eigenvalue weighted by molar-refractivity contribution is 5.96. The molecular formula is C8H8N2O2. The molecule has 0 amide bonds. The van der Waals surface area contributed by atoms with Crippen LogP contribution < -0.4 is 11.5 Å². The van der Waals surface area contributed by atoms with E-state index in [1.807, 2.05) is 0 Å². The Morgan fingerprint density at radius 2 is 1.75 bits per heavy atom. The number of anilines is 2. The van der Waals surface area contributed by atoms with Crippen LogP contribution in [0.3, 0.4) is 0 Å². The number of aldehydes is 2. The Kier molecular flexibility index (Phi) is 2.09. The maximum absolute atomic E-state index is 10.4. The van der Waals surface area contributed by atoms with Gasteiger partial charge in [0.2, 0.25) is 0 Å². The zero-order chi connectivity index (χ0) is 9.14. The van der Waals surface area contributed by atoms with Gasteiger partial charge in [0.05, 0.1) is 0 Å². The summed E-state index contributed by atoms with van der Waals surface area (Å²) in [5.74, 6) is 0. The number of benzene rings is 1. The Balaban J connectivity index is 3.43. The second kappa shape index (κ2) is 3.04. The second-order valence-electron chi connectivity index (χ2n) is 2.35. The Labute approximate surface area is 69.2 Å². The van der Waals surface area contributed by atoms with Crippen LogP contribution in [-0.4, -0.2) is 12.6 Å². The summed E-state index contributed by atoms with van der Waals surface area (Å²) in [5, 5.41) is 0. The Morgan fingerprint density at radius 3 is 2.25 bits per heavy atom. The molecule has 0 aliphatic carbocycles. The van der Waals surface area contributed by atoms with E-state index in [0.29, 0.717) is 18.3 Å². The summed E-state index contributed by atoms with van der Waals surface area (Å²) < 4.78 is 0. The summed E-state index contributed by atoms with van der Waals surface area (Å²) in [7, 11) is 0. The van der Waals surface area contributed by atoms with Crippen LogP contribution in [0.1, 0.15) is 20.7 Å². The van der Waals surface area contributed by atoms with Crippen molar-refractivity contribution in [2.75, 3.05) is 11.5 Å². The minimum absolute atomic E-state index is 0.194. The SMILES string of the molecule is Nc1cc(N)c(C=O)c(C=O)c1. The van der Waals surface area contributed by atoms with Gasteiger partial charge in [-0.25, -0.2) is 0 Å². The van der Waals surface area contributed by atoms with Gasteiger partial charge in [-0.1, -0.05) is 0 Å². The van der Waals surface area contributed by atoms with Crippen molar-refractivity contribution in [3.63, 3.8) is 0 Å². The van der Waals surface area contributed by atoms with Gasteiger partial charge in [-0.3, -0.25) is 9.59 Å². The van der Waals surface area contributed by atoms with E-state index in [1.54, 1.807) is 0 Å². The number of hydrogen-bond acceptors (Lipinski definition) is 4. The Hall–Kier alpha value is -1.84. The topological polar surface area (TPSA) is 86.2 Å². The highest BCUT2D eigenvalue weighted by Crippen LogP contribution is 2.17. The molecular weight excluding hydrogens is 156 g/mol. The fraction of sp³-hybridized carbons (Fsp3) is 0. The third-order valence-electron chi connectivity index (χ3n) is 1.51. The van der Waals surface area contributed by atoms with Crippen LogP contribution >= 0.6 is 0 Å². The van der Waals surface area contributed by atoms with Gasteiger partial charge in [-0.15, -0.1) is 0 Å². The third-order valence-corrected chi connectivity index (χ3v) is 1.51. The molecule has 0 saturated carbocycles. The summed E-state index contributed by atoms with van der Waals surface area (Å²) in [6.45, 7) is 0. The van der Waals surface area contributed by atoms with Crippen molar-refractivity contribution in [2.45, 2.75) is 0 Å². The first-order valence-electron chi connectivity index (χ1n) is 3.28. The van der Waals surface area contributed by atoms with E-state index < -0.39 is 0 Å². The molecule has 1 aromatic carbocycles. The molecule has 1 rings (SSSR count). The molecule has 0 unspecified atom stereocenters. The number of rotatable bonds is 2. The zero-order valence-electron chi connectivity index (χ0n) is 6.28. The largest absolute Gasteiger partial charge is 0.399 e. The van der Waals surface area contributed by atoms with Crippen molar-refractivity contribution in [3.05, 3.63) is 23.3 Å². The molecule has 0 heterocycles. The molecule has 4 nitrogen and oxygen atoms in total. The average molecular weight is 164 g/mol. The van der Waals surface area contributed by atoms with Gasteiger partial charge in [0.1, 0.15) is 0 Å². The van der Waals surface area contributed by atoms with E-state index >= 15 is 0 Å². The predicted molar refractivity (Wildman–Crippen MR) is 46.0 cm³/mol. The summed E-state index contributed by atoms with van der Waals surface area (Å²) in [4.78, 5) is 20.9. The molecule has 0 radical (unpaired) electrons. The molecule has 0 atom stereocenters. The van der Waals surface area contributed by atoms with Gasteiger partial charge in [0.25, 0.3) is 0 Å². The van der Waals surface area contributed by atoms with Crippen molar-refractivity contribution < 1.29 is 9.59 Å². The van der Waals surface area contributed by atoms with Gasteiger partial charge < -0.3 is 11.5 Å². The van der Waals surface area contributed by atoms with Gasteiger partial charge in [-0.2, -0.15) is 0 Å². The van der Waals surface area contributed by atoms with Crippen LogP contribution in [-0.2, 0) is 0 Å². The monoisotopic (exact) mass is 164 g/mol. The molecule has 0 aliphatic rings. The molecule has 62 valence electrons. The molecule has 0 saturated heterocycles. The maximum Gasteiger partial charge on any atom is 0.152 e. The van der Waals surface area contributed by atoms with Crippen molar-refractivity contribution >= 4 is 23.9 Å². The predicted octanol–water partition coefficient (Wildman–Crippen LogP) is 0.476. The fourth-order valence-electron chi connectivity index (χ4n) is 0.957. The first-order chi connectivity index (χ1) is 5.69. The molecule has 0 bridgehead atoms. The lowest BCUT2D eigenvalue weighted by Crippen LogP contribution is -2.00. The number of carbonyl (C=O) groups is 2. The van der Waals surface area contributed by atoms with Crippen molar-refractivity contribution in [1.82, 2.24) is 0 Å². The van der Waals surface area contributed by atoms with E-state index in [1.165, 1.54) is 12.1 Å². The lowest BCUT2D eigenvalue weighted by molar-refractivity contribution is 0.109. The van der Waals surface area contributed by atoms with E-state index in [2.05, 4.69) is 0 Å². The third kappa shape index (κ3) is 1.27. The van der Waals surface area contributed by atoms with Crippen molar-refractivity contribution in [1.29, 1.82) is 0 Å². The molecule has 0 aromatic heterocycles. The molecule has 4 heteroatoms. The van der Waals surface area contributed by atoms with Crippen molar-refractivity contribution in [3.8, 4) is 0 Å². The first-order valence-corrected chi connectivity index (χ1v) is 3.28. The van der Waals surface area contributed by atoms with Crippen LogP contribution in [0.5, 0.6) is 0 Å². The van der Waals surface area contributed by atoms with Gasteiger partial charge in [0, 0.05) is 22.5 Å². The van der Waals surface area contributed by atoms with Crippen LogP contribution in [0.4, 0.5) is 11.4 Å². The molecule has 12 heavy (non-hydrogen) atoms. The molecule has 0 fully saturated rings. The maximum atomic E-state index is 10.4. The van der Waals surface area contributed by atoms with Crippen LogP contribution in [0.15, 0.2) is 12.1 Å². The molecule has 4 N–H and O–H groups in total. The van der Waals surface area contributed by atoms with E-state index in [0.717, 1.165) is 0 Å². The second-order valence-corrected chi connectivity index (χ2v) is 2.35. The van der Waals surface area contributed by atoms with E-state index in [9.17, 15) is 9.59 Å². The highest BCUT2D eigenvalue weighted by atomic mass is 16.1. The number of nitrogen functional groups attached to an aromatic ring is 2. The normalized spacial score (nSPS) is 9.33. The fourth-order valence-corrected chi connectivity index (χ4v) is 0.957. The first kappa shape index (κ1) is 8.26. The smallest absolute Gasteiger partial charge is 0.152 e. The minimum Gasteiger partial charge on any atom is -0.399 e. The number of carbonyl (C=O) groups excluding carboxylic acids is 2. The van der Waals surface area contributed by atoms with Gasteiger partial charge in [0.15, 0.2) is 12.6 Å². The minimum atomic E-state index is 0.194. The van der Waals surface area contributed by atoms with Crippen molar-refractivity contribution in [2.24, 2.45) is 0 Å². The number of hydrogen-bond donors (Lipinski definition) is 2. The zero-order valence-corrected chi connectivity index (χ0v) is 6.28. The average Bonchev–Trinajstić information content (AvgIpc) is 2.03. The number of nitrogens with two attached hydrogens (primary N) is 2. The van der Waals surface area contributed by atoms with Crippen LogP contribution in [0, 0.1) is 0 Å². The molecule has 0 spiro atoms. The van der Waals surface area contributed by atoms with E-state index in [4.69, 9.17) is 11.5 Å². The summed E-state index contributed by atoms with van der Waals surface area (Å²) >= 11 is 0. The van der Waals surface area contributed by atoms with Gasteiger partial charge in [-0.05, 0) is 12.1 Å². The summed E-state index contributed by atoms with van der Waals surface area (Å²) in [5.41, 5.74) is 11.9.